The molecule has 0 aliphatic heterocycles. The Kier molecular flexibility index (Phi) is 6.17. The second-order valence-corrected chi connectivity index (χ2v) is 5.91. The van der Waals surface area contributed by atoms with Gasteiger partial charge in [0, 0.05) is 11.6 Å². The van der Waals surface area contributed by atoms with E-state index in [1.165, 1.54) is 0 Å². The maximum atomic E-state index is 12.1. The average Bonchev–Trinajstić information content (AvgIpc) is 3.08. The van der Waals surface area contributed by atoms with Gasteiger partial charge in [-0.3, -0.25) is 9.59 Å². The number of hydrogen-bond acceptors (Lipinski definition) is 4. The van der Waals surface area contributed by atoms with Crippen LogP contribution in [-0.4, -0.2) is 35.5 Å². The van der Waals surface area contributed by atoms with Crippen LogP contribution in [0.1, 0.15) is 32.6 Å². The minimum Gasteiger partial charge on any atom is -0.482 e. The van der Waals surface area contributed by atoms with E-state index in [2.05, 4.69) is 10.6 Å². The van der Waals surface area contributed by atoms with Gasteiger partial charge in [-0.15, -0.1) is 0 Å². The number of carboxylic acids is 1. The zero-order chi connectivity index (χ0) is 17.5. The molecule has 1 fully saturated rings. The smallest absolute Gasteiger partial charge is 0.341 e. The van der Waals surface area contributed by atoms with Gasteiger partial charge >= 0.3 is 5.97 Å². The van der Waals surface area contributed by atoms with Crippen molar-refractivity contribution in [3.63, 3.8) is 0 Å². The summed E-state index contributed by atoms with van der Waals surface area (Å²) >= 11 is 0. The number of amides is 2. The van der Waals surface area contributed by atoms with Crippen LogP contribution < -0.4 is 15.4 Å². The maximum absolute atomic E-state index is 12.1. The first-order valence-corrected chi connectivity index (χ1v) is 8.01. The zero-order valence-corrected chi connectivity index (χ0v) is 13.6. The van der Waals surface area contributed by atoms with Crippen molar-refractivity contribution in [2.75, 3.05) is 11.9 Å². The molecule has 1 saturated carbocycles. The lowest BCUT2D eigenvalue weighted by molar-refractivity contribution is -0.139. The Balaban J connectivity index is 1.82. The number of carbonyl (C=O) groups excluding carboxylic acids is 2. The molecule has 2 rings (SSSR count). The van der Waals surface area contributed by atoms with E-state index in [9.17, 15) is 14.4 Å². The van der Waals surface area contributed by atoms with Crippen molar-refractivity contribution in [1.82, 2.24) is 5.32 Å². The number of hydrogen-bond donors (Lipinski definition) is 3. The second kappa shape index (κ2) is 8.33. The number of aliphatic carboxylic acids is 1. The van der Waals surface area contributed by atoms with Gasteiger partial charge in [-0.25, -0.2) is 4.79 Å². The van der Waals surface area contributed by atoms with Crippen LogP contribution in [0.4, 0.5) is 5.69 Å². The molecule has 7 heteroatoms. The minimum absolute atomic E-state index is 0.0194. The van der Waals surface area contributed by atoms with Crippen LogP contribution in [0.3, 0.4) is 0 Å². The molecule has 7 nitrogen and oxygen atoms in total. The van der Waals surface area contributed by atoms with Crippen LogP contribution in [0.5, 0.6) is 5.75 Å². The number of nitrogens with one attached hydrogen (secondary N) is 2. The Morgan fingerprint density at radius 3 is 2.42 bits per heavy atom. The topological polar surface area (TPSA) is 105 Å². The molecule has 0 bridgehead atoms. The molecule has 2 amide bonds. The average molecular weight is 334 g/mol. The highest BCUT2D eigenvalue weighted by molar-refractivity contribution is 5.97. The first-order valence-electron chi connectivity index (χ1n) is 8.01. The van der Waals surface area contributed by atoms with E-state index in [0.29, 0.717) is 11.4 Å². The molecule has 130 valence electrons. The standard InChI is InChI=1S/C17H22N2O5/c1-11(18-17(23)12-4-2-3-5-12)16(22)19-13-6-8-14(9-7-13)24-10-15(20)21/h6-9,11-12H,2-5,10H2,1H3,(H,18,23)(H,19,22)(H,20,21). The number of rotatable bonds is 7. The molecule has 1 unspecified atom stereocenters. The largest absolute Gasteiger partial charge is 0.482 e. The molecule has 0 radical (unpaired) electrons. The van der Waals surface area contributed by atoms with Gasteiger partial charge in [0.25, 0.3) is 0 Å². The van der Waals surface area contributed by atoms with Crippen molar-refractivity contribution >= 4 is 23.5 Å². The van der Waals surface area contributed by atoms with Gasteiger partial charge in [0.1, 0.15) is 11.8 Å². The lowest BCUT2D eigenvalue weighted by Crippen LogP contribution is -2.43. The molecule has 1 aromatic rings. The molecule has 0 heterocycles. The van der Waals surface area contributed by atoms with E-state index >= 15 is 0 Å². The summed E-state index contributed by atoms with van der Waals surface area (Å²) in [5.74, 6) is -1.00. The predicted molar refractivity (Wildman–Crippen MR) is 87.8 cm³/mol. The summed E-state index contributed by atoms with van der Waals surface area (Å²) in [5, 5.41) is 14.0. The Morgan fingerprint density at radius 1 is 1.21 bits per heavy atom. The Bertz CT molecular complexity index is 594. The van der Waals surface area contributed by atoms with Crippen LogP contribution in [-0.2, 0) is 14.4 Å². The van der Waals surface area contributed by atoms with Gasteiger partial charge in [0.2, 0.25) is 11.8 Å². The third kappa shape index (κ3) is 5.26. The van der Waals surface area contributed by atoms with Gasteiger partial charge in [0.05, 0.1) is 0 Å². The molecule has 0 spiro atoms. The van der Waals surface area contributed by atoms with Gasteiger partial charge in [0.15, 0.2) is 6.61 Å². The summed E-state index contributed by atoms with van der Waals surface area (Å²) in [5.41, 5.74) is 0.546. The summed E-state index contributed by atoms with van der Waals surface area (Å²) in [6.07, 6.45) is 3.90. The zero-order valence-electron chi connectivity index (χ0n) is 13.6. The normalized spacial score (nSPS) is 15.5. The lowest BCUT2D eigenvalue weighted by atomic mass is 10.1. The van der Waals surface area contributed by atoms with Gasteiger partial charge in [-0.2, -0.15) is 0 Å². The highest BCUT2D eigenvalue weighted by Crippen LogP contribution is 2.24. The fourth-order valence-electron chi connectivity index (χ4n) is 2.61. The van der Waals surface area contributed by atoms with Crippen LogP contribution in [0.25, 0.3) is 0 Å². The number of benzene rings is 1. The molecule has 1 aliphatic rings. The predicted octanol–water partition coefficient (Wildman–Crippen LogP) is 1.78. The maximum Gasteiger partial charge on any atom is 0.341 e. The van der Waals surface area contributed by atoms with Crippen molar-refractivity contribution in [3.8, 4) is 5.75 Å². The fraction of sp³-hybridized carbons (Fsp3) is 0.471. The van der Waals surface area contributed by atoms with Crippen molar-refractivity contribution in [2.45, 2.75) is 38.6 Å². The van der Waals surface area contributed by atoms with Crippen molar-refractivity contribution in [3.05, 3.63) is 24.3 Å². The number of carboxylic acid groups (broad SMARTS) is 1. The van der Waals surface area contributed by atoms with Crippen LogP contribution in [0.2, 0.25) is 0 Å². The molecule has 24 heavy (non-hydrogen) atoms. The highest BCUT2D eigenvalue weighted by Gasteiger charge is 2.25. The molecule has 0 aromatic heterocycles. The number of carbonyl (C=O) groups is 3. The van der Waals surface area contributed by atoms with Crippen molar-refractivity contribution in [2.24, 2.45) is 5.92 Å². The summed E-state index contributed by atoms with van der Waals surface area (Å²) in [4.78, 5) is 34.6. The highest BCUT2D eigenvalue weighted by atomic mass is 16.5. The number of anilines is 1. The van der Waals surface area contributed by atoms with E-state index in [-0.39, 0.29) is 17.7 Å². The summed E-state index contributed by atoms with van der Waals surface area (Å²) in [7, 11) is 0. The van der Waals surface area contributed by atoms with Gasteiger partial charge in [-0.05, 0) is 44.0 Å². The third-order valence-electron chi connectivity index (χ3n) is 3.96. The molecule has 1 atom stereocenters. The Hall–Kier alpha value is -2.57. The SMILES string of the molecule is CC(NC(=O)C1CCCC1)C(=O)Nc1ccc(OCC(=O)O)cc1. The van der Waals surface area contributed by atoms with E-state index in [1.807, 2.05) is 0 Å². The van der Waals surface area contributed by atoms with E-state index in [0.717, 1.165) is 25.7 Å². The molecular formula is C17H22N2O5. The molecule has 3 N–H and O–H groups in total. The molecule has 1 aliphatic carbocycles. The Labute approximate surface area is 140 Å². The van der Waals surface area contributed by atoms with E-state index < -0.39 is 18.6 Å². The monoisotopic (exact) mass is 334 g/mol. The van der Waals surface area contributed by atoms with Crippen LogP contribution in [0, 0.1) is 5.92 Å². The van der Waals surface area contributed by atoms with Crippen molar-refractivity contribution < 1.29 is 24.2 Å². The summed E-state index contributed by atoms with van der Waals surface area (Å²) < 4.78 is 5.02. The van der Waals surface area contributed by atoms with Crippen molar-refractivity contribution in [1.29, 1.82) is 0 Å². The summed E-state index contributed by atoms with van der Waals surface area (Å²) in [6, 6.07) is 5.74. The first-order chi connectivity index (χ1) is 11.5. The second-order valence-electron chi connectivity index (χ2n) is 5.91. The van der Waals surface area contributed by atoms with Gasteiger partial charge in [-0.1, -0.05) is 12.8 Å². The molecular weight excluding hydrogens is 312 g/mol. The van der Waals surface area contributed by atoms with Gasteiger partial charge < -0.3 is 20.5 Å². The van der Waals surface area contributed by atoms with E-state index in [4.69, 9.17) is 9.84 Å². The third-order valence-corrected chi connectivity index (χ3v) is 3.96. The van der Waals surface area contributed by atoms with E-state index in [1.54, 1.807) is 31.2 Å². The lowest BCUT2D eigenvalue weighted by Gasteiger charge is -2.17. The van der Waals surface area contributed by atoms with Crippen LogP contribution >= 0.6 is 0 Å². The fourth-order valence-corrected chi connectivity index (χ4v) is 2.61. The molecule has 0 saturated heterocycles. The quantitative estimate of drug-likeness (QED) is 0.705. The minimum atomic E-state index is -1.06. The van der Waals surface area contributed by atoms with Crippen LogP contribution in [0.15, 0.2) is 24.3 Å². The first kappa shape index (κ1) is 17.8. The molecule has 1 aromatic carbocycles. The summed E-state index contributed by atoms with van der Waals surface area (Å²) in [6.45, 7) is 1.22. The Morgan fingerprint density at radius 2 is 1.83 bits per heavy atom. The number of ether oxygens (including phenoxy) is 1.